The van der Waals surface area contributed by atoms with E-state index in [0.717, 1.165) is 0 Å². The number of carboxylic acids is 1. The van der Waals surface area contributed by atoms with Gasteiger partial charge in [0, 0.05) is 6.54 Å². The van der Waals surface area contributed by atoms with E-state index in [9.17, 15) is 4.79 Å². The highest BCUT2D eigenvalue weighted by Crippen LogP contribution is 2.22. The molecule has 0 aromatic rings. The van der Waals surface area contributed by atoms with Crippen molar-refractivity contribution in [1.29, 1.82) is 0 Å². The second-order valence-corrected chi connectivity index (χ2v) is 2.97. The smallest absolute Gasteiger partial charge is 0.325 e. The van der Waals surface area contributed by atoms with E-state index in [1.54, 1.807) is 6.08 Å². The highest BCUT2D eigenvalue weighted by Gasteiger charge is 2.39. The average Bonchev–Trinajstić information content (AvgIpc) is 2.12. The predicted octanol–water partition coefficient (Wildman–Crippen LogP) is 0.992. The van der Waals surface area contributed by atoms with Gasteiger partial charge in [0.05, 0.1) is 0 Å². The van der Waals surface area contributed by atoms with Gasteiger partial charge in [-0.2, -0.15) is 0 Å². The summed E-state index contributed by atoms with van der Waals surface area (Å²) in [4.78, 5) is 11.1. The molecule has 0 saturated heterocycles. The number of carbonyl (C=O) groups is 1. The molecule has 0 saturated carbocycles. The molecule has 0 aliphatic carbocycles. The largest absolute Gasteiger partial charge is 0.480 e. The third-order valence-electron chi connectivity index (χ3n) is 2.36. The molecular formula is C9H18N2O2. The molecule has 4 heteroatoms. The monoisotopic (exact) mass is 186 g/mol. The zero-order chi connectivity index (χ0) is 10.5. The minimum atomic E-state index is -0.990. The van der Waals surface area contributed by atoms with Crippen molar-refractivity contribution in [1.82, 2.24) is 5.01 Å². The van der Waals surface area contributed by atoms with E-state index in [1.165, 1.54) is 5.01 Å². The lowest BCUT2D eigenvalue weighted by Crippen LogP contribution is -2.57. The quantitative estimate of drug-likeness (QED) is 0.369. The maximum atomic E-state index is 11.1. The summed E-state index contributed by atoms with van der Waals surface area (Å²) >= 11 is 0. The number of hydrogen-bond acceptors (Lipinski definition) is 3. The van der Waals surface area contributed by atoms with Crippen LogP contribution in [0.5, 0.6) is 0 Å². The minimum Gasteiger partial charge on any atom is -0.480 e. The van der Waals surface area contributed by atoms with Crippen LogP contribution in [0, 0.1) is 0 Å². The summed E-state index contributed by atoms with van der Waals surface area (Å²) < 4.78 is 0. The van der Waals surface area contributed by atoms with Crippen LogP contribution >= 0.6 is 0 Å². The van der Waals surface area contributed by atoms with Gasteiger partial charge >= 0.3 is 5.97 Å². The maximum Gasteiger partial charge on any atom is 0.325 e. The molecule has 0 heterocycles. The van der Waals surface area contributed by atoms with E-state index in [2.05, 4.69) is 6.58 Å². The lowest BCUT2D eigenvalue weighted by Gasteiger charge is -2.35. The Morgan fingerprint density at radius 2 is 2.23 bits per heavy atom. The van der Waals surface area contributed by atoms with Crippen LogP contribution in [0.2, 0.25) is 0 Å². The summed E-state index contributed by atoms with van der Waals surface area (Å²) in [7, 11) is 0. The highest BCUT2D eigenvalue weighted by molar-refractivity contribution is 5.78. The Kier molecular flexibility index (Phi) is 4.66. The Morgan fingerprint density at radius 1 is 1.69 bits per heavy atom. The molecule has 0 aliphatic heterocycles. The van der Waals surface area contributed by atoms with Crippen LogP contribution in [-0.2, 0) is 4.79 Å². The molecule has 1 atom stereocenters. The van der Waals surface area contributed by atoms with Crippen LogP contribution in [0.4, 0.5) is 0 Å². The minimum absolute atomic E-state index is 0.364. The van der Waals surface area contributed by atoms with Crippen molar-refractivity contribution in [3.8, 4) is 0 Å². The second-order valence-electron chi connectivity index (χ2n) is 2.97. The SMILES string of the molecule is C=CCC(CC)(C(=O)O)N(N)CC. The molecule has 0 aromatic heterocycles. The van der Waals surface area contributed by atoms with Gasteiger partial charge in [0.2, 0.25) is 0 Å². The number of carboxylic acid groups (broad SMARTS) is 1. The van der Waals surface area contributed by atoms with Crippen molar-refractivity contribution >= 4 is 5.97 Å². The van der Waals surface area contributed by atoms with Gasteiger partial charge in [-0.1, -0.05) is 19.9 Å². The van der Waals surface area contributed by atoms with Gasteiger partial charge in [0.25, 0.3) is 0 Å². The first-order valence-electron chi connectivity index (χ1n) is 4.41. The van der Waals surface area contributed by atoms with E-state index < -0.39 is 11.5 Å². The van der Waals surface area contributed by atoms with Gasteiger partial charge in [-0.3, -0.25) is 10.6 Å². The Bertz CT molecular complexity index is 194. The maximum absolute atomic E-state index is 11.1. The lowest BCUT2D eigenvalue weighted by molar-refractivity contribution is -0.152. The van der Waals surface area contributed by atoms with E-state index in [1.807, 2.05) is 13.8 Å². The van der Waals surface area contributed by atoms with Crippen molar-refractivity contribution in [2.75, 3.05) is 6.54 Å². The molecule has 3 N–H and O–H groups in total. The van der Waals surface area contributed by atoms with Crippen molar-refractivity contribution in [3.63, 3.8) is 0 Å². The fourth-order valence-electron chi connectivity index (χ4n) is 1.37. The van der Waals surface area contributed by atoms with Crippen LogP contribution in [0.15, 0.2) is 12.7 Å². The van der Waals surface area contributed by atoms with Crippen molar-refractivity contribution in [2.24, 2.45) is 5.84 Å². The predicted molar refractivity (Wildman–Crippen MR) is 52.0 cm³/mol. The molecule has 76 valence electrons. The van der Waals surface area contributed by atoms with Gasteiger partial charge in [0.15, 0.2) is 0 Å². The number of likely N-dealkylation sites (N-methyl/N-ethyl adjacent to an activating group) is 1. The van der Waals surface area contributed by atoms with E-state index >= 15 is 0 Å². The Morgan fingerprint density at radius 3 is 2.46 bits per heavy atom. The molecule has 0 amide bonds. The summed E-state index contributed by atoms with van der Waals surface area (Å²) in [5, 5.41) is 10.4. The molecule has 13 heavy (non-hydrogen) atoms. The van der Waals surface area contributed by atoms with E-state index in [0.29, 0.717) is 19.4 Å². The van der Waals surface area contributed by atoms with Crippen LogP contribution in [0.3, 0.4) is 0 Å². The number of nitrogens with two attached hydrogens (primary N) is 1. The van der Waals surface area contributed by atoms with Crippen LogP contribution in [-0.4, -0.2) is 28.2 Å². The van der Waals surface area contributed by atoms with Gasteiger partial charge < -0.3 is 5.11 Å². The molecule has 0 aromatic carbocycles. The van der Waals surface area contributed by atoms with Crippen LogP contribution in [0.1, 0.15) is 26.7 Å². The summed E-state index contributed by atoms with van der Waals surface area (Å²) in [5.41, 5.74) is -0.990. The number of aliphatic carboxylic acids is 1. The summed E-state index contributed by atoms with van der Waals surface area (Å²) in [5.74, 6) is 4.76. The topological polar surface area (TPSA) is 66.6 Å². The van der Waals surface area contributed by atoms with Gasteiger partial charge in [-0.15, -0.1) is 6.58 Å². The standard InChI is InChI=1S/C9H18N2O2/c1-4-7-9(5-2,8(12)13)11(10)6-3/h4H,1,5-7,10H2,2-3H3,(H,12,13). The number of rotatable bonds is 6. The summed E-state index contributed by atoms with van der Waals surface area (Å²) in [6, 6.07) is 0. The normalized spacial score (nSPS) is 15.4. The number of hydrazine groups is 1. The van der Waals surface area contributed by atoms with Gasteiger partial charge in [-0.05, 0) is 12.8 Å². The number of hydrogen-bond donors (Lipinski definition) is 2. The summed E-state index contributed by atoms with van der Waals surface area (Å²) in [6.07, 6.45) is 2.43. The van der Waals surface area contributed by atoms with Crippen LogP contribution < -0.4 is 5.84 Å². The molecule has 0 rings (SSSR count). The first-order chi connectivity index (χ1) is 6.05. The molecule has 0 spiro atoms. The Labute approximate surface area is 79.0 Å². The molecule has 4 nitrogen and oxygen atoms in total. The zero-order valence-electron chi connectivity index (χ0n) is 8.29. The first-order valence-corrected chi connectivity index (χ1v) is 4.41. The van der Waals surface area contributed by atoms with Crippen molar-refractivity contribution < 1.29 is 9.90 Å². The molecule has 0 radical (unpaired) electrons. The third kappa shape index (κ3) is 2.29. The molecule has 0 bridgehead atoms. The average molecular weight is 186 g/mol. The second kappa shape index (κ2) is 4.99. The molecule has 0 fully saturated rings. The highest BCUT2D eigenvalue weighted by atomic mass is 16.4. The summed E-state index contributed by atoms with van der Waals surface area (Å²) in [6.45, 7) is 7.70. The van der Waals surface area contributed by atoms with E-state index in [4.69, 9.17) is 10.9 Å². The fourth-order valence-corrected chi connectivity index (χ4v) is 1.37. The van der Waals surface area contributed by atoms with Crippen LogP contribution in [0.25, 0.3) is 0 Å². The van der Waals surface area contributed by atoms with Crippen molar-refractivity contribution in [2.45, 2.75) is 32.2 Å². The zero-order valence-corrected chi connectivity index (χ0v) is 8.29. The Balaban J connectivity index is 4.84. The molecule has 0 aliphatic rings. The number of nitrogens with zero attached hydrogens (tertiary/aromatic N) is 1. The van der Waals surface area contributed by atoms with E-state index in [-0.39, 0.29) is 0 Å². The third-order valence-corrected chi connectivity index (χ3v) is 2.36. The molecule has 1 unspecified atom stereocenters. The first kappa shape index (κ1) is 12.1. The van der Waals surface area contributed by atoms with Gasteiger partial charge in [-0.25, -0.2) is 5.01 Å². The lowest BCUT2D eigenvalue weighted by atomic mass is 9.91. The Hall–Kier alpha value is -0.870. The molecular weight excluding hydrogens is 168 g/mol. The van der Waals surface area contributed by atoms with Gasteiger partial charge in [0.1, 0.15) is 5.54 Å². The van der Waals surface area contributed by atoms with Crippen molar-refractivity contribution in [3.05, 3.63) is 12.7 Å². The fraction of sp³-hybridized carbons (Fsp3) is 0.667.